The van der Waals surface area contributed by atoms with Crippen molar-refractivity contribution in [2.24, 2.45) is 5.92 Å². The summed E-state index contributed by atoms with van der Waals surface area (Å²) in [6.07, 6.45) is 4.02. The van der Waals surface area contributed by atoms with Gasteiger partial charge in [0, 0.05) is 6.04 Å². The molecule has 1 atom stereocenters. The summed E-state index contributed by atoms with van der Waals surface area (Å²) < 4.78 is 14.0. The smallest absolute Gasteiger partial charge is 0.145 e. The van der Waals surface area contributed by atoms with E-state index in [9.17, 15) is 4.39 Å². The van der Waals surface area contributed by atoms with E-state index in [0.717, 1.165) is 25.8 Å². The zero-order chi connectivity index (χ0) is 14.3. The van der Waals surface area contributed by atoms with Crippen molar-refractivity contribution >= 4 is 11.6 Å². The standard InChI is InChI=1S/C16H25ClFN/c1-4-10-19-15(12(5-2)6-3)11-13-8-7-9-14(17)16(13)18/h7-9,12,15,19H,4-6,10-11H2,1-3H3. The molecule has 1 nitrogen and oxygen atoms in total. The Balaban J connectivity index is 2.83. The van der Waals surface area contributed by atoms with Crippen LogP contribution in [0.2, 0.25) is 5.02 Å². The van der Waals surface area contributed by atoms with Gasteiger partial charge in [-0.3, -0.25) is 0 Å². The molecule has 0 bridgehead atoms. The van der Waals surface area contributed by atoms with Crippen LogP contribution in [0.3, 0.4) is 0 Å². The maximum absolute atomic E-state index is 14.0. The number of nitrogens with one attached hydrogen (secondary N) is 1. The molecule has 0 saturated carbocycles. The van der Waals surface area contributed by atoms with Crippen molar-refractivity contribution in [2.75, 3.05) is 6.54 Å². The number of hydrogen-bond donors (Lipinski definition) is 1. The molecule has 0 heterocycles. The third-order valence-electron chi connectivity index (χ3n) is 3.75. The maximum atomic E-state index is 14.0. The van der Waals surface area contributed by atoms with E-state index in [1.54, 1.807) is 6.07 Å². The number of halogens is 2. The lowest BCUT2D eigenvalue weighted by Crippen LogP contribution is -2.38. The normalized spacial score (nSPS) is 12.9. The van der Waals surface area contributed by atoms with Gasteiger partial charge in [0.05, 0.1) is 5.02 Å². The van der Waals surface area contributed by atoms with Crippen LogP contribution in [-0.2, 0) is 6.42 Å². The summed E-state index contributed by atoms with van der Waals surface area (Å²) in [5.74, 6) is 0.309. The van der Waals surface area contributed by atoms with Gasteiger partial charge in [0.2, 0.25) is 0 Å². The average molecular weight is 286 g/mol. The fraction of sp³-hybridized carbons (Fsp3) is 0.625. The lowest BCUT2D eigenvalue weighted by atomic mass is 9.89. The highest BCUT2D eigenvalue weighted by molar-refractivity contribution is 6.30. The van der Waals surface area contributed by atoms with Crippen LogP contribution in [0.25, 0.3) is 0 Å². The Kier molecular flexibility index (Phi) is 7.40. The van der Waals surface area contributed by atoms with E-state index in [2.05, 4.69) is 26.1 Å². The quantitative estimate of drug-likeness (QED) is 0.722. The maximum Gasteiger partial charge on any atom is 0.145 e. The minimum atomic E-state index is -0.265. The highest BCUT2D eigenvalue weighted by atomic mass is 35.5. The summed E-state index contributed by atoms with van der Waals surface area (Å²) >= 11 is 5.85. The minimum Gasteiger partial charge on any atom is -0.313 e. The molecule has 19 heavy (non-hydrogen) atoms. The fourth-order valence-electron chi connectivity index (χ4n) is 2.54. The monoisotopic (exact) mass is 285 g/mol. The van der Waals surface area contributed by atoms with Gasteiger partial charge in [-0.25, -0.2) is 4.39 Å². The van der Waals surface area contributed by atoms with Gasteiger partial charge in [0.15, 0.2) is 0 Å². The zero-order valence-corrected chi connectivity index (χ0v) is 12.9. The van der Waals surface area contributed by atoms with Gasteiger partial charge in [-0.05, 0) is 36.9 Å². The summed E-state index contributed by atoms with van der Waals surface area (Å²) in [6.45, 7) is 7.52. The van der Waals surface area contributed by atoms with Crippen molar-refractivity contribution in [2.45, 2.75) is 52.5 Å². The van der Waals surface area contributed by atoms with Crippen LogP contribution in [0.5, 0.6) is 0 Å². The van der Waals surface area contributed by atoms with Gasteiger partial charge >= 0.3 is 0 Å². The average Bonchev–Trinajstić information content (AvgIpc) is 2.42. The van der Waals surface area contributed by atoms with E-state index < -0.39 is 0 Å². The lowest BCUT2D eigenvalue weighted by Gasteiger charge is -2.27. The van der Waals surface area contributed by atoms with Crippen molar-refractivity contribution in [1.82, 2.24) is 5.32 Å². The van der Waals surface area contributed by atoms with Crippen LogP contribution in [0, 0.1) is 11.7 Å². The van der Waals surface area contributed by atoms with Gasteiger partial charge in [0.1, 0.15) is 5.82 Å². The SMILES string of the molecule is CCCNC(Cc1cccc(Cl)c1F)C(CC)CC. The van der Waals surface area contributed by atoms with E-state index >= 15 is 0 Å². The van der Waals surface area contributed by atoms with Gasteiger partial charge in [-0.2, -0.15) is 0 Å². The topological polar surface area (TPSA) is 12.0 Å². The molecular weight excluding hydrogens is 261 g/mol. The summed E-state index contributed by atoms with van der Waals surface area (Å²) in [5.41, 5.74) is 0.716. The predicted molar refractivity (Wildman–Crippen MR) is 81.3 cm³/mol. The third-order valence-corrected chi connectivity index (χ3v) is 4.04. The number of benzene rings is 1. The Morgan fingerprint density at radius 1 is 1.21 bits per heavy atom. The Morgan fingerprint density at radius 3 is 2.47 bits per heavy atom. The van der Waals surface area contributed by atoms with Gasteiger partial charge in [-0.1, -0.05) is 57.3 Å². The Labute approximate surface area is 121 Å². The second-order valence-corrected chi connectivity index (χ2v) is 5.46. The van der Waals surface area contributed by atoms with Crippen LogP contribution in [0.15, 0.2) is 18.2 Å². The largest absolute Gasteiger partial charge is 0.313 e. The molecule has 0 aliphatic rings. The van der Waals surface area contributed by atoms with Gasteiger partial charge in [-0.15, -0.1) is 0 Å². The zero-order valence-electron chi connectivity index (χ0n) is 12.2. The highest BCUT2D eigenvalue weighted by Crippen LogP contribution is 2.23. The molecule has 0 aliphatic carbocycles. The Hall–Kier alpha value is -0.600. The second kappa shape index (κ2) is 8.55. The summed E-state index contributed by atoms with van der Waals surface area (Å²) in [7, 11) is 0. The molecule has 1 aromatic rings. The molecule has 0 saturated heterocycles. The number of hydrogen-bond acceptors (Lipinski definition) is 1. The predicted octanol–water partition coefficient (Wildman–Crippen LogP) is 4.83. The first-order valence-electron chi connectivity index (χ1n) is 7.30. The molecule has 0 amide bonds. The van der Waals surface area contributed by atoms with Crippen molar-refractivity contribution in [3.8, 4) is 0 Å². The molecule has 3 heteroatoms. The van der Waals surface area contributed by atoms with Crippen LogP contribution >= 0.6 is 11.6 Å². The Bertz CT molecular complexity index is 377. The molecule has 1 unspecified atom stereocenters. The van der Waals surface area contributed by atoms with Crippen molar-refractivity contribution in [3.63, 3.8) is 0 Å². The lowest BCUT2D eigenvalue weighted by molar-refractivity contribution is 0.329. The molecule has 0 spiro atoms. The van der Waals surface area contributed by atoms with E-state index in [4.69, 9.17) is 11.6 Å². The summed E-state index contributed by atoms with van der Waals surface area (Å²) in [4.78, 5) is 0. The van der Waals surface area contributed by atoms with E-state index in [0.29, 0.717) is 23.9 Å². The molecule has 1 aromatic carbocycles. The summed E-state index contributed by atoms with van der Waals surface area (Å²) in [6, 6.07) is 5.59. The summed E-state index contributed by atoms with van der Waals surface area (Å²) in [5, 5.41) is 3.78. The molecule has 0 fully saturated rings. The molecule has 108 valence electrons. The van der Waals surface area contributed by atoms with E-state index in [1.807, 2.05) is 12.1 Å². The fourth-order valence-corrected chi connectivity index (χ4v) is 2.73. The van der Waals surface area contributed by atoms with Crippen molar-refractivity contribution < 1.29 is 4.39 Å². The third kappa shape index (κ3) is 4.77. The molecule has 0 radical (unpaired) electrons. The second-order valence-electron chi connectivity index (χ2n) is 5.05. The van der Waals surface area contributed by atoms with Crippen LogP contribution in [0.4, 0.5) is 4.39 Å². The highest BCUT2D eigenvalue weighted by Gasteiger charge is 2.20. The van der Waals surface area contributed by atoms with E-state index in [1.165, 1.54) is 0 Å². The van der Waals surface area contributed by atoms with Gasteiger partial charge < -0.3 is 5.32 Å². The van der Waals surface area contributed by atoms with E-state index in [-0.39, 0.29) is 10.8 Å². The van der Waals surface area contributed by atoms with Crippen LogP contribution in [0.1, 0.15) is 45.6 Å². The molecule has 1 rings (SSSR count). The molecule has 1 N–H and O–H groups in total. The van der Waals surface area contributed by atoms with Crippen molar-refractivity contribution in [3.05, 3.63) is 34.6 Å². The first-order valence-corrected chi connectivity index (χ1v) is 7.68. The number of rotatable bonds is 8. The molecular formula is C16H25ClFN. The van der Waals surface area contributed by atoms with Gasteiger partial charge in [0.25, 0.3) is 0 Å². The first kappa shape index (κ1) is 16.5. The van der Waals surface area contributed by atoms with Crippen molar-refractivity contribution in [1.29, 1.82) is 0 Å². The Morgan fingerprint density at radius 2 is 1.89 bits per heavy atom. The van der Waals surface area contributed by atoms with Crippen LogP contribution in [-0.4, -0.2) is 12.6 Å². The molecule has 0 aromatic heterocycles. The van der Waals surface area contributed by atoms with Crippen LogP contribution < -0.4 is 5.32 Å². The molecule has 0 aliphatic heterocycles. The minimum absolute atomic E-state index is 0.219. The first-order chi connectivity index (χ1) is 9.13.